The summed E-state index contributed by atoms with van der Waals surface area (Å²) in [4.78, 5) is 0.764. The van der Waals surface area contributed by atoms with Crippen molar-refractivity contribution < 1.29 is 9.32 Å². The van der Waals surface area contributed by atoms with E-state index in [-0.39, 0.29) is 20.9 Å². The Balaban J connectivity index is 2.28. The average Bonchev–Trinajstić information content (AvgIpc) is 2.55. The topological polar surface area (TPSA) is 37.3 Å². The van der Waals surface area contributed by atoms with Gasteiger partial charge in [-0.1, -0.05) is 0 Å². The van der Waals surface area contributed by atoms with Crippen molar-refractivity contribution in [2.45, 2.75) is 24.8 Å². The maximum absolute atomic E-state index is 12.5. The molecule has 2 nitrogen and oxygen atoms in total. The summed E-state index contributed by atoms with van der Waals surface area (Å²) in [6.45, 7) is 3.95. The Hall–Kier alpha value is -1.19. The van der Waals surface area contributed by atoms with Gasteiger partial charge in [0.15, 0.2) is 0 Å². The van der Waals surface area contributed by atoms with Crippen LogP contribution in [0.2, 0.25) is 0 Å². The molecule has 2 rings (SSSR count). The molecule has 0 saturated heterocycles. The zero-order chi connectivity index (χ0) is 15.9. The van der Waals surface area contributed by atoms with Gasteiger partial charge in [0.1, 0.15) is 0 Å². The minimum absolute atomic E-state index is 0.0324. The molecule has 0 amide bonds. The van der Waals surface area contributed by atoms with Crippen molar-refractivity contribution in [1.82, 2.24) is 0 Å². The second kappa shape index (κ2) is 8.44. The van der Waals surface area contributed by atoms with E-state index in [4.69, 9.17) is 0 Å². The number of aliphatic hydroxyl groups excluding tert-OH is 1. The SMILES string of the molecule is CC(C)C(O)/C(=C\S(=O)c1ccccc1)[Se]c1ccccc1. The van der Waals surface area contributed by atoms with Crippen molar-refractivity contribution in [3.8, 4) is 0 Å². The summed E-state index contributed by atoms with van der Waals surface area (Å²) in [6.07, 6.45) is -0.562. The van der Waals surface area contributed by atoms with Crippen LogP contribution in [0.25, 0.3) is 0 Å². The van der Waals surface area contributed by atoms with Crippen molar-refractivity contribution in [2.24, 2.45) is 5.92 Å². The quantitative estimate of drug-likeness (QED) is 0.784. The van der Waals surface area contributed by atoms with Gasteiger partial charge in [0.2, 0.25) is 0 Å². The Morgan fingerprint density at radius 2 is 1.59 bits per heavy atom. The van der Waals surface area contributed by atoms with Crippen LogP contribution < -0.4 is 4.46 Å². The molecule has 22 heavy (non-hydrogen) atoms. The summed E-state index contributed by atoms with van der Waals surface area (Å²) < 4.78 is 14.5. The van der Waals surface area contributed by atoms with Crippen LogP contribution in [0, 0.1) is 5.92 Å². The maximum atomic E-state index is 12.5. The summed E-state index contributed by atoms with van der Waals surface area (Å²) >= 11 is -0.0324. The Labute approximate surface area is 140 Å². The van der Waals surface area contributed by atoms with Crippen molar-refractivity contribution in [1.29, 1.82) is 0 Å². The molecule has 2 atom stereocenters. The van der Waals surface area contributed by atoms with Crippen LogP contribution in [0.15, 0.2) is 75.4 Å². The molecule has 0 bridgehead atoms. The van der Waals surface area contributed by atoms with E-state index in [0.717, 1.165) is 9.37 Å². The monoisotopic (exact) mass is 380 g/mol. The second-order valence-electron chi connectivity index (χ2n) is 5.23. The van der Waals surface area contributed by atoms with Crippen LogP contribution in [-0.2, 0) is 10.8 Å². The van der Waals surface area contributed by atoms with Gasteiger partial charge in [0.25, 0.3) is 0 Å². The van der Waals surface area contributed by atoms with Gasteiger partial charge in [-0.25, -0.2) is 0 Å². The first-order chi connectivity index (χ1) is 10.6. The van der Waals surface area contributed by atoms with Crippen LogP contribution in [0.1, 0.15) is 13.8 Å². The van der Waals surface area contributed by atoms with Crippen molar-refractivity contribution in [2.75, 3.05) is 0 Å². The molecule has 2 unspecified atom stereocenters. The first-order valence-electron chi connectivity index (χ1n) is 7.16. The molecule has 2 aromatic carbocycles. The normalized spacial score (nSPS) is 14.8. The first kappa shape index (κ1) is 17.2. The molecule has 0 radical (unpaired) electrons. The van der Waals surface area contributed by atoms with E-state index in [0.29, 0.717) is 0 Å². The summed E-state index contributed by atoms with van der Waals surface area (Å²) in [5, 5.41) is 12.2. The number of benzene rings is 2. The van der Waals surface area contributed by atoms with E-state index >= 15 is 0 Å². The zero-order valence-electron chi connectivity index (χ0n) is 12.7. The van der Waals surface area contributed by atoms with Crippen LogP contribution in [0.5, 0.6) is 0 Å². The van der Waals surface area contributed by atoms with Crippen molar-refractivity contribution >= 4 is 30.2 Å². The van der Waals surface area contributed by atoms with Crippen LogP contribution in [-0.4, -0.2) is 30.4 Å². The summed E-state index contributed by atoms with van der Waals surface area (Å²) in [5.41, 5.74) is 0. The summed E-state index contributed by atoms with van der Waals surface area (Å²) in [7, 11) is -1.23. The molecular weight excluding hydrogens is 359 g/mol. The average molecular weight is 379 g/mol. The molecule has 0 aliphatic heterocycles. The van der Waals surface area contributed by atoms with Crippen molar-refractivity contribution in [3.05, 3.63) is 70.5 Å². The molecule has 0 heterocycles. The van der Waals surface area contributed by atoms with Crippen LogP contribution in [0.4, 0.5) is 0 Å². The van der Waals surface area contributed by atoms with Crippen LogP contribution in [0.3, 0.4) is 0 Å². The number of rotatable bonds is 6. The third kappa shape index (κ3) is 4.92. The Morgan fingerprint density at radius 3 is 2.14 bits per heavy atom. The minimum atomic E-state index is -1.23. The summed E-state index contributed by atoms with van der Waals surface area (Å²) in [5.74, 6) is 0.101. The molecule has 0 aliphatic carbocycles. The molecule has 0 aliphatic rings. The van der Waals surface area contributed by atoms with E-state index in [2.05, 4.69) is 0 Å². The number of hydrogen-bond donors (Lipinski definition) is 1. The van der Waals surface area contributed by atoms with E-state index in [9.17, 15) is 9.32 Å². The van der Waals surface area contributed by atoms with Gasteiger partial charge in [-0.3, -0.25) is 0 Å². The van der Waals surface area contributed by atoms with E-state index in [1.165, 1.54) is 4.46 Å². The van der Waals surface area contributed by atoms with Gasteiger partial charge < -0.3 is 0 Å². The van der Waals surface area contributed by atoms with E-state index in [1.54, 1.807) is 5.41 Å². The molecule has 2 aromatic rings. The fourth-order valence-electron chi connectivity index (χ4n) is 1.84. The van der Waals surface area contributed by atoms with Gasteiger partial charge in [-0.15, -0.1) is 0 Å². The van der Waals surface area contributed by atoms with Gasteiger partial charge in [0, 0.05) is 0 Å². The predicted octanol–water partition coefficient (Wildman–Crippen LogP) is 2.68. The third-order valence-electron chi connectivity index (χ3n) is 3.10. The molecule has 0 fully saturated rings. The van der Waals surface area contributed by atoms with E-state index in [1.807, 2.05) is 74.5 Å². The standard InChI is InChI=1S/C18H20O2SSe/c1-14(2)18(19)17(22-16-11-7-4-8-12-16)13-21(20)15-9-5-3-6-10-15/h3-14,18-19H,1-2H3/b17-13+. The first-order valence-corrected chi connectivity index (χ1v) is 10.1. The zero-order valence-corrected chi connectivity index (χ0v) is 15.2. The fourth-order valence-corrected chi connectivity index (χ4v) is 5.66. The van der Waals surface area contributed by atoms with Gasteiger partial charge in [0.05, 0.1) is 0 Å². The molecule has 0 aromatic heterocycles. The predicted molar refractivity (Wildman–Crippen MR) is 93.6 cm³/mol. The van der Waals surface area contributed by atoms with Gasteiger partial charge in [-0.2, -0.15) is 0 Å². The fraction of sp³-hybridized carbons (Fsp3) is 0.222. The van der Waals surface area contributed by atoms with Gasteiger partial charge >= 0.3 is 141 Å². The molecule has 0 spiro atoms. The molecule has 1 N–H and O–H groups in total. The second-order valence-corrected chi connectivity index (χ2v) is 8.94. The summed E-state index contributed by atoms with van der Waals surface area (Å²) in [6, 6.07) is 19.4. The van der Waals surface area contributed by atoms with E-state index < -0.39 is 16.9 Å². The molecule has 4 heteroatoms. The third-order valence-corrected chi connectivity index (χ3v) is 6.96. The Bertz CT molecular complexity index is 639. The number of aliphatic hydroxyl groups is 1. The Kier molecular flexibility index (Phi) is 6.59. The van der Waals surface area contributed by atoms with Gasteiger partial charge in [-0.05, 0) is 0 Å². The molecule has 116 valence electrons. The number of hydrogen-bond acceptors (Lipinski definition) is 2. The van der Waals surface area contributed by atoms with Crippen molar-refractivity contribution in [3.63, 3.8) is 0 Å². The van der Waals surface area contributed by atoms with Crippen LogP contribution >= 0.6 is 0 Å². The molecular formula is C18H20O2SSe. The molecule has 0 saturated carbocycles. The Morgan fingerprint density at radius 1 is 1.05 bits per heavy atom.